The lowest BCUT2D eigenvalue weighted by Crippen LogP contribution is -2.38. The van der Waals surface area contributed by atoms with Gasteiger partial charge in [0.1, 0.15) is 6.61 Å². The zero-order chi connectivity index (χ0) is 21.5. The van der Waals surface area contributed by atoms with Crippen LogP contribution in [0, 0.1) is 13.8 Å². The summed E-state index contributed by atoms with van der Waals surface area (Å²) in [5, 5.41) is 4.36. The second kappa shape index (κ2) is 10.4. The van der Waals surface area contributed by atoms with Gasteiger partial charge in [0.2, 0.25) is 0 Å². The molecule has 0 bridgehead atoms. The van der Waals surface area contributed by atoms with Crippen molar-refractivity contribution in [1.29, 1.82) is 0 Å². The number of morpholine rings is 1. The summed E-state index contributed by atoms with van der Waals surface area (Å²) >= 11 is 1.71. The van der Waals surface area contributed by atoms with Crippen molar-refractivity contribution in [3.8, 4) is 17.3 Å². The van der Waals surface area contributed by atoms with Crippen molar-refractivity contribution in [3.05, 3.63) is 52.0 Å². The van der Waals surface area contributed by atoms with Crippen LogP contribution in [0.15, 0.2) is 41.8 Å². The molecule has 0 aliphatic carbocycles. The van der Waals surface area contributed by atoms with Gasteiger partial charge in [0.05, 0.1) is 25.1 Å². The number of hydrazone groups is 1. The summed E-state index contributed by atoms with van der Waals surface area (Å²) in [5.74, 6) is 0.584. The van der Waals surface area contributed by atoms with Crippen LogP contribution in [0.4, 0.5) is 5.82 Å². The highest BCUT2D eigenvalue weighted by molar-refractivity contribution is 7.13. The third-order valence-electron chi connectivity index (χ3n) is 5.02. The van der Waals surface area contributed by atoms with Crippen LogP contribution < -0.4 is 15.1 Å². The molecule has 4 rings (SSSR count). The lowest BCUT2D eigenvalue weighted by atomic mass is 10.2. The summed E-state index contributed by atoms with van der Waals surface area (Å²) in [6.07, 6.45) is 5.54. The van der Waals surface area contributed by atoms with Gasteiger partial charge in [-0.2, -0.15) is 15.1 Å². The first kappa shape index (κ1) is 21.4. The van der Waals surface area contributed by atoms with Crippen LogP contribution >= 0.6 is 11.3 Å². The molecule has 1 fully saturated rings. The summed E-state index contributed by atoms with van der Waals surface area (Å²) in [7, 11) is 0. The van der Waals surface area contributed by atoms with Crippen molar-refractivity contribution in [3.63, 3.8) is 0 Å². The lowest BCUT2D eigenvalue weighted by molar-refractivity contribution is -0.377. The number of pyridine rings is 1. The molecule has 31 heavy (non-hydrogen) atoms. The van der Waals surface area contributed by atoms with Crippen molar-refractivity contribution < 1.29 is 14.5 Å². The van der Waals surface area contributed by atoms with Gasteiger partial charge in [0, 0.05) is 53.2 Å². The molecular weight excluding hydrogens is 412 g/mol. The Morgan fingerprint density at radius 2 is 2.03 bits per heavy atom. The number of aromatic amines is 1. The molecule has 0 aromatic carbocycles. The Morgan fingerprint density at radius 3 is 2.77 bits per heavy atom. The fourth-order valence-electron chi connectivity index (χ4n) is 3.17. The van der Waals surface area contributed by atoms with E-state index in [1.54, 1.807) is 11.3 Å². The normalized spacial score (nSPS) is 14.8. The molecule has 3 aromatic heterocycles. The van der Waals surface area contributed by atoms with E-state index in [4.69, 9.17) is 9.47 Å². The first-order valence-corrected chi connectivity index (χ1v) is 11.1. The summed E-state index contributed by atoms with van der Waals surface area (Å²) < 4.78 is 11.3. The van der Waals surface area contributed by atoms with Gasteiger partial charge in [0.15, 0.2) is 18.2 Å². The Hall–Kier alpha value is -2.88. The number of aryl methyl sites for hydroxylation is 2. The molecule has 9 heteroatoms. The zero-order valence-corrected chi connectivity index (χ0v) is 18.6. The number of thiophene rings is 1. The standard InChI is InChI=1S/C22H26N6O2S/c1-16-13-19(31-17(16)2)15-24-27-21-14-20(18-3-5-23-6-4-18)25-22(26-21)30-12-9-28-7-10-29-11-8-28/h3-6,13-15H,7-12H2,1-2H3,(H,25,26,27)/p+1/b24-15+. The minimum absolute atomic E-state index is 0.333. The van der Waals surface area contributed by atoms with E-state index >= 15 is 0 Å². The van der Waals surface area contributed by atoms with Crippen molar-refractivity contribution in [1.82, 2.24) is 14.9 Å². The molecule has 1 aliphatic rings. The maximum atomic E-state index is 5.89. The van der Waals surface area contributed by atoms with Crippen LogP contribution in [-0.4, -0.2) is 60.5 Å². The zero-order valence-electron chi connectivity index (χ0n) is 17.8. The number of aromatic nitrogens is 3. The second-order valence-electron chi connectivity index (χ2n) is 7.27. The average molecular weight is 440 g/mol. The number of hydrogen-bond acceptors (Lipinski definition) is 8. The molecule has 0 spiro atoms. The molecule has 0 amide bonds. The molecule has 3 aromatic rings. The number of anilines is 1. The van der Waals surface area contributed by atoms with Crippen LogP contribution in [-0.2, 0) is 4.74 Å². The van der Waals surface area contributed by atoms with Crippen molar-refractivity contribution >= 4 is 23.4 Å². The molecule has 0 radical (unpaired) electrons. The quantitative estimate of drug-likeness (QED) is 0.429. The third kappa shape index (κ3) is 6.06. The van der Waals surface area contributed by atoms with Gasteiger partial charge in [0.25, 0.3) is 0 Å². The van der Waals surface area contributed by atoms with Crippen LogP contribution in [0.5, 0.6) is 6.01 Å². The Labute approximate surface area is 186 Å². The van der Waals surface area contributed by atoms with Gasteiger partial charge < -0.3 is 9.47 Å². The van der Waals surface area contributed by atoms with E-state index in [2.05, 4.69) is 50.3 Å². The maximum Gasteiger partial charge on any atom is 0.319 e. The lowest BCUT2D eigenvalue weighted by Gasteiger charge is -2.26. The number of H-pyrrole nitrogens is 1. The molecule has 2 N–H and O–H groups in total. The highest BCUT2D eigenvalue weighted by Crippen LogP contribution is 2.22. The minimum Gasteiger partial charge on any atom is -0.462 e. The van der Waals surface area contributed by atoms with Crippen LogP contribution in [0.2, 0.25) is 0 Å². The molecule has 1 saturated heterocycles. The van der Waals surface area contributed by atoms with Crippen molar-refractivity contribution in [2.24, 2.45) is 5.10 Å². The Kier molecular flexibility index (Phi) is 7.18. The molecule has 4 heterocycles. The highest BCUT2D eigenvalue weighted by Gasteiger charge is 2.12. The largest absolute Gasteiger partial charge is 0.462 e. The van der Waals surface area contributed by atoms with E-state index in [0.717, 1.165) is 49.0 Å². The number of ether oxygens (including phenoxy) is 2. The first-order valence-electron chi connectivity index (χ1n) is 10.3. The van der Waals surface area contributed by atoms with E-state index in [-0.39, 0.29) is 0 Å². The van der Waals surface area contributed by atoms with E-state index in [1.165, 1.54) is 10.4 Å². The Balaban J connectivity index is 1.47. The Morgan fingerprint density at radius 1 is 1.23 bits per heavy atom. The second-order valence-corrected chi connectivity index (χ2v) is 8.56. The van der Waals surface area contributed by atoms with Gasteiger partial charge >= 0.3 is 6.01 Å². The molecule has 0 saturated carbocycles. The van der Waals surface area contributed by atoms with Crippen molar-refractivity contribution in [2.45, 2.75) is 13.8 Å². The summed E-state index contributed by atoms with van der Waals surface area (Å²) in [6, 6.07) is 8.25. The summed E-state index contributed by atoms with van der Waals surface area (Å²) in [6.45, 7) is 8.93. The number of nitrogens with zero attached hydrogens (tertiary/aromatic N) is 4. The van der Waals surface area contributed by atoms with E-state index in [9.17, 15) is 0 Å². The summed E-state index contributed by atoms with van der Waals surface area (Å²) in [4.78, 5) is 16.8. The maximum absolute atomic E-state index is 5.89. The van der Waals surface area contributed by atoms with E-state index in [0.29, 0.717) is 18.4 Å². The van der Waals surface area contributed by atoms with E-state index < -0.39 is 0 Å². The van der Waals surface area contributed by atoms with Crippen LogP contribution in [0.3, 0.4) is 0 Å². The van der Waals surface area contributed by atoms with E-state index in [1.807, 2.05) is 36.8 Å². The summed E-state index contributed by atoms with van der Waals surface area (Å²) in [5.41, 5.74) is 6.03. The molecule has 1 aliphatic heterocycles. The number of nitrogens with one attached hydrogen (secondary N) is 2. The molecule has 162 valence electrons. The van der Waals surface area contributed by atoms with Gasteiger partial charge in [-0.05, 0) is 25.5 Å². The number of rotatable bonds is 8. The molecule has 8 nitrogen and oxygen atoms in total. The van der Waals surface area contributed by atoms with Gasteiger partial charge in [-0.15, -0.1) is 11.3 Å². The predicted octanol–water partition coefficient (Wildman–Crippen LogP) is 2.79. The number of hydrogen-bond donors (Lipinski definition) is 1. The Bertz CT molecular complexity index is 999. The van der Waals surface area contributed by atoms with Gasteiger partial charge in [-0.3, -0.25) is 10.3 Å². The fraction of sp³-hybridized carbons (Fsp3) is 0.364. The van der Waals surface area contributed by atoms with Crippen LogP contribution in [0.1, 0.15) is 15.3 Å². The molecular formula is C22H27N6O2S+. The first-order chi connectivity index (χ1) is 15.2. The monoisotopic (exact) mass is 439 g/mol. The van der Waals surface area contributed by atoms with Gasteiger partial charge in [-0.25, -0.2) is 4.98 Å². The third-order valence-corrected chi connectivity index (χ3v) is 6.11. The predicted molar refractivity (Wildman–Crippen MR) is 122 cm³/mol. The van der Waals surface area contributed by atoms with Gasteiger partial charge in [-0.1, -0.05) is 0 Å². The molecule has 0 atom stereocenters. The smallest absolute Gasteiger partial charge is 0.319 e. The topological polar surface area (TPSA) is 86.0 Å². The fourth-order valence-corrected chi connectivity index (χ4v) is 4.09. The average Bonchev–Trinajstić information content (AvgIpc) is 3.12. The SMILES string of the molecule is Cc1cc(/C=N/Nc2cc(-c3cc[nH+]cc3)nc(OCCN3CCOCC3)n2)sc1C. The van der Waals surface area contributed by atoms with Crippen LogP contribution in [0.25, 0.3) is 11.3 Å². The highest BCUT2D eigenvalue weighted by atomic mass is 32.1. The molecule has 0 unspecified atom stereocenters. The van der Waals surface area contributed by atoms with Crippen molar-refractivity contribution in [2.75, 3.05) is 44.9 Å². The minimum atomic E-state index is 0.333.